The molecule has 1 atom stereocenters. The van der Waals surface area contributed by atoms with E-state index in [-0.39, 0.29) is 10.8 Å². The van der Waals surface area contributed by atoms with Crippen molar-refractivity contribution in [1.29, 1.82) is 0 Å². The van der Waals surface area contributed by atoms with Gasteiger partial charge in [0.1, 0.15) is 0 Å². The average Bonchev–Trinajstić information content (AvgIpc) is 3.67. The lowest BCUT2D eigenvalue weighted by molar-refractivity contribution is 0.595. The molecule has 7 aromatic carbocycles. The molecule has 0 fully saturated rings. The van der Waals surface area contributed by atoms with Crippen LogP contribution >= 0.6 is 0 Å². The van der Waals surface area contributed by atoms with Crippen molar-refractivity contribution < 1.29 is 0 Å². The minimum absolute atomic E-state index is 0.0523. The van der Waals surface area contributed by atoms with Crippen LogP contribution in [0, 0.1) is 0 Å². The molecule has 2 aliphatic carbocycles. The topological polar surface area (TPSA) is 8.17 Å². The van der Waals surface area contributed by atoms with Gasteiger partial charge in [0.05, 0.1) is 11.0 Å². The normalized spacial score (nSPS) is 17.0. The van der Waals surface area contributed by atoms with E-state index in [0.29, 0.717) is 0 Å². The maximum atomic E-state index is 2.44. The SMILES string of the molecule is CC1(c2ccccc2)C=CC(N(c2ccc(-c3ccccc3)cc2)c2ccc3c(c2)C(C)(C)c2cc(-n4c5ccccc5c5ccccc54)ccc2-3)=CC1. The average molecular weight is 695 g/mol. The minimum atomic E-state index is -0.194. The van der Waals surface area contributed by atoms with Crippen molar-refractivity contribution >= 4 is 33.2 Å². The van der Waals surface area contributed by atoms with Crippen molar-refractivity contribution in [3.05, 3.63) is 210 Å². The number of nitrogens with zero attached hydrogens (tertiary/aromatic N) is 2. The molecular formula is C52H42N2. The molecule has 2 nitrogen and oxygen atoms in total. The summed E-state index contributed by atoms with van der Waals surface area (Å²) < 4.78 is 2.43. The molecule has 260 valence electrons. The standard InChI is InChI=1S/C52H42N2/c1-51(2)47-34-41(26-28-43(47)44-29-27-42(35-48(44)51)54-49-20-12-10-18-45(49)46-19-11-13-21-50(46)54)53(39-24-22-37(23-25-39)36-14-6-4-7-15-36)40-30-32-52(3,33-31-40)38-16-8-5-9-17-38/h4-32,34-35H,33H2,1-3H3. The lowest BCUT2D eigenvalue weighted by atomic mass is 9.77. The predicted octanol–water partition coefficient (Wildman–Crippen LogP) is 13.7. The van der Waals surface area contributed by atoms with E-state index in [1.165, 1.54) is 77.8 Å². The van der Waals surface area contributed by atoms with Crippen LogP contribution in [0.15, 0.2) is 194 Å². The number of hydrogen-bond acceptors (Lipinski definition) is 1. The maximum absolute atomic E-state index is 2.44. The van der Waals surface area contributed by atoms with Crippen LogP contribution in [-0.2, 0) is 10.8 Å². The molecule has 2 aliphatic rings. The molecule has 0 spiro atoms. The van der Waals surface area contributed by atoms with Gasteiger partial charge in [-0.05, 0) is 100.0 Å². The zero-order chi connectivity index (χ0) is 36.4. The summed E-state index contributed by atoms with van der Waals surface area (Å²) in [5.41, 5.74) is 16.1. The Bertz CT molecular complexity index is 2710. The maximum Gasteiger partial charge on any atom is 0.0541 e. The summed E-state index contributed by atoms with van der Waals surface area (Å²) in [5, 5.41) is 2.57. The molecule has 1 aromatic heterocycles. The second kappa shape index (κ2) is 12.4. The molecule has 54 heavy (non-hydrogen) atoms. The Morgan fingerprint density at radius 3 is 1.72 bits per heavy atom. The lowest BCUT2D eigenvalue weighted by Gasteiger charge is -2.34. The Balaban J connectivity index is 1.07. The quantitative estimate of drug-likeness (QED) is 0.168. The van der Waals surface area contributed by atoms with Crippen LogP contribution in [0.2, 0.25) is 0 Å². The molecule has 0 N–H and O–H groups in total. The number of fused-ring (bicyclic) bond motifs is 6. The zero-order valence-electron chi connectivity index (χ0n) is 31.0. The monoisotopic (exact) mass is 694 g/mol. The summed E-state index contributed by atoms with van der Waals surface area (Å²) in [6.45, 7) is 7.12. The first-order chi connectivity index (χ1) is 26.4. The van der Waals surface area contributed by atoms with Crippen LogP contribution in [0.5, 0.6) is 0 Å². The Morgan fingerprint density at radius 1 is 0.519 bits per heavy atom. The highest BCUT2D eigenvalue weighted by Gasteiger charge is 2.37. The van der Waals surface area contributed by atoms with Gasteiger partial charge in [-0.3, -0.25) is 0 Å². The molecule has 10 rings (SSSR count). The third-order valence-corrected chi connectivity index (χ3v) is 12.0. The van der Waals surface area contributed by atoms with Crippen LogP contribution in [0.4, 0.5) is 11.4 Å². The van der Waals surface area contributed by atoms with Crippen LogP contribution in [0.25, 0.3) is 49.7 Å². The Kier molecular flexibility index (Phi) is 7.39. The molecule has 1 heterocycles. The molecule has 1 unspecified atom stereocenters. The van der Waals surface area contributed by atoms with Gasteiger partial charge in [0.2, 0.25) is 0 Å². The molecule has 0 bridgehead atoms. The van der Waals surface area contributed by atoms with Crippen molar-refractivity contribution in [2.24, 2.45) is 0 Å². The highest BCUT2D eigenvalue weighted by Crippen LogP contribution is 2.51. The fourth-order valence-corrected chi connectivity index (χ4v) is 8.99. The highest BCUT2D eigenvalue weighted by molar-refractivity contribution is 6.09. The van der Waals surface area contributed by atoms with Crippen LogP contribution in [0.1, 0.15) is 43.9 Å². The molecular weight excluding hydrogens is 653 g/mol. The van der Waals surface area contributed by atoms with E-state index < -0.39 is 0 Å². The molecule has 0 saturated carbocycles. The van der Waals surface area contributed by atoms with Crippen molar-refractivity contribution in [2.75, 3.05) is 4.90 Å². The molecule has 0 radical (unpaired) electrons. The van der Waals surface area contributed by atoms with Gasteiger partial charge >= 0.3 is 0 Å². The third-order valence-electron chi connectivity index (χ3n) is 12.0. The van der Waals surface area contributed by atoms with E-state index in [1.54, 1.807) is 0 Å². The Hall–Kier alpha value is -6.38. The fourth-order valence-electron chi connectivity index (χ4n) is 8.99. The number of para-hydroxylation sites is 2. The number of anilines is 2. The van der Waals surface area contributed by atoms with Crippen LogP contribution in [0.3, 0.4) is 0 Å². The Labute approximate surface area is 318 Å². The second-order valence-corrected chi connectivity index (χ2v) is 15.7. The first-order valence-corrected chi connectivity index (χ1v) is 19.1. The number of aromatic nitrogens is 1. The van der Waals surface area contributed by atoms with Gasteiger partial charge in [0.25, 0.3) is 0 Å². The minimum Gasteiger partial charge on any atom is -0.311 e. The van der Waals surface area contributed by atoms with Gasteiger partial charge in [-0.2, -0.15) is 0 Å². The summed E-state index contributed by atoms with van der Waals surface area (Å²) >= 11 is 0. The van der Waals surface area contributed by atoms with E-state index in [9.17, 15) is 0 Å². The summed E-state index contributed by atoms with van der Waals surface area (Å²) in [6, 6.07) is 62.3. The van der Waals surface area contributed by atoms with E-state index in [0.717, 1.165) is 12.1 Å². The van der Waals surface area contributed by atoms with Crippen molar-refractivity contribution in [2.45, 2.75) is 38.0 Å². The lowest BCUT2D eigenvalue weighted by Crippen LogP contribution is -2.24. The first kappa shape index (κ1) is 32.3. The third kappa shape index (κ3) is 5.09. The van der Waals surface area contributed by atoms with E-state index in [2.05, 4.69) is 218 Å². The smallest absolute Gasteiger partial charge is 0.0541 e. The van der Waals surface area contributed by atoms with Crippen molar-refractivity contribution in [3.63, 3.8) is 0 Å². The highest BCUT2D eigenvalue weighted by atomic mass is 15.1. The van der Waals surface area contributed by atoms with Gasteiger partial charge in [0, 0.05) is 44.4 Å². The van der Waals surface area contributed by atoms with Crippen molar-refractivity contribution in [3.8, 4) is 27.9 Å². The zero-order valence-corrected chi connectivity index (χ0v) is 31.0. The van der Waals surface area contributed by atoms with Crippen molar-refractivity contribution in [1.82, 2.24) is 4.57 Å². The molecule has 0 amide bonds. The van der Waals surface area contributed by atoms with Gasteiger partial charge < -0.3 is 9.47 Å². The number of benzene rings is 7. The van der Waals surface area contributed by atoms with E-state index >= 15 is 0 Å². The number of rotatable bonds is 6. The molecule has 8 aromatic rings. The summed E-state index contributed by atoms with van der Waals surface area (Å²) in [7, 11) is 0. The predicted molar refractivity (Wildman–Crippen MR) is 228 cm³/mol. The van der Waals surface area contributed by atoms with Crippen LogP contribution in [-0.4, -0.2) is 4.57 Å². The molecule has 0 saturated heterocycles. The second-order valence-electron chi connectivity index (χ2n) is 15.7. The summed E-state index contributed by atoms with van der Waals surface area (Å²) in [6.07, 6.45) is 8.07. The van der Waals surface area contributed by atoms with Gasteiger partial charge in [-0.1, -0.05) is 154 Å². The van der Waals surface area contributed by atoms with Gasteiger partial charge in [-0.25, -0.2) is 0 Å². The summed E-state index contributed by atoms with van der Waals surface area (Å²) in [4.78, 5) is 2.44. The van der Waals surface area contributed by atoms with E-state index in [4.69, 9.17) is 0 Å². The fraction of sp³-hybridized carbons (Fsp3) is 0.115. The molecule has 0 aliphatic heterocycles. The van der Waals surface area contributed by atoms with Crippen LogP contribution < -0.4 is 4.90 Å². The summed E-state index contributed by atoms with van der Waals surface area (Å²) in [5.74, 6) is 0. The number of hydrogen-bond donors (Lipinski definition) is 0. The largest absolute Gasteiger partial charge is 0.311 e. The molecule has 2 heteroatoms. The van der Waals surface area contributed by atoms with Gasteiger partial charge in [-0.15, -0.1) is 0 Å². The Morgan fingerprint density at radius 2 is 1.07 bits per heavy atom. The van der Waals surface area contributed by atoms with E-state index in [1.807, 2.05) is 0 Å². The van der Waals surface area contributed by atoms with Gasteiger partial charge in [0.15, 0.2) is 0 Å². The number of allylic oxidation sites excluding steroid dienone is 3. The first-order valence-electron chi connectivity index (χ1n) is 19.1.